The zero-order valence-corrected chi connectivity index (χ0v) is 21.8. The molecule has 0 radical (unpaired) electrons. The fraction of sp³-hybridized carbons (Fsp3) is 0.556. The molecule has 3 atom stereocenters. The lowest BCUT2D eigenvalue weighted by Crippen LogP contribution is -2.52. The lowest BCUT2D eigenvalue weighted by molar-refractivity contribution is -0.00860. The Balaban J connectivity index is 1.28. The minimum absolute atomic E-state index is 0.00306. The summed E-state index contributed by atoms with van der Waals surface area (Å²) >= 11 is 0. The van der Waals surface area contributed by atoms with Crippen LogP contribution in [0.3, 0.4) is 0 Å². The van der Waals surface area contributed by atoms with Crippen LogP contribution in [0, 0.1) is 5.41 Å². The van der Waals surface area contributed by atoms with Crippen molar-refractivity contribution in [2.24, 2.45) is 5.41 Å². The first-order valence-corrected chi connectivity index (χ1v) is 13.1. The maximum absolute atomic E-state index is 14.7. The van der Waals surface area contributed by atoms with Gasteiger partial charge in [-0.3, -0.25) is 0 Å². The number of fused-ring (bicyclic) bond motifs is 1. The predicted octanol–water partition coefficient (Wildman–Crippen LogP) is 4.82. The van der Waals surface area contributed by atoms with Gasteiger partial charge >= 0.3 is 0 Å². The van der Waals surface area contributed by atoms with E-state index >= 15 is 0 Å². The molecule has 0 bridgehead atoms. The molecule has 3 aromatic rings. The highest BCUT2D eigenvalue weighted by Gasteiger charge is 2.72. The van der Waals surface area contributed by atoms with E-state index in [1.807, 2.05) is 17.2 Å². The molecule has 3 aromatic heterocycles. The summed E-state index contributed by atoms with van der Waals surface area (Å²) in [5.74, 6) is -0.252. The Hall–Kier alpha value is -3.21. The maximum atomic E-state index is 14.7. The van der Waals surface area contributed by atoms with Crippen molar-refractivity contribution in [2.45, 2.75) is 63.6 Å². The number of hydrogen-bond acceptors (Lipinski definition) is 8. The van der Waals surface area contributed by atoms with E-state index in [1.54, 1.807) is 23.4 Å². The highest BCUT2D eigenvalue weighted by Crippen LogP contribution is 2.65. The molecule has 2 aliphatic heterocycles. The Labute approximate surface area is 219 Å². The van der Waals surface area contributed by atoms with E-state index < -0.39 is 23.1 Å². The van der Waals surface area contributed by atoms with Gasteiger partial charge in [-0.05, 0) is 48.8 Å². The standard InChI is InChI=1S/C27H32F3N7O/c1-16(2)18-11-33-23(36-9-6-26(15-36)13-27(26,29)30)19-12-32-22(10-17(18)19)34-21-4-7-31-24(35-21)37-8-5-20(38)25(3,28)14-37/h4,7,10-12,16,20,38H,5-6,8-9,13-15H2,1-3H3,(H,31,32,34,35)/t20-,25+,26-/m1/s1. The Bertz CT molecular complexity index is 1380. The van der Waals surface area contributed by atoms with Crippen molar-refractivity contribution in [3.05, 3.63) is 36.3 Å². The van der Waals surface area contributed by atoms with Crippen molar-refractivity contribution in [3.8, 4) is 0 Å². The van der Waals surface area contributed by atoms with Crippen LogP contribution < -0.4 is 15.1 Å². The second-order valence-corrected chi connectivity index (χ2v) is 11.5. The second kappa shape index (κ2) is 8.65. The molecule has 0 unspecified atom stereocenters. The number of rotatable bonds is 5. The lowest BCUT2D eigenvalue weighted by atomic mass is 9.94. The summed E-state index contributed by atoms with van der Waals surface area (Å²) in [6.45, 7) is 6.87. The fourth-order valence-corrected chi connectivity index (χ4v) is 5.81. The summed E-state index contributed by atoms with van der Waals surface area (Å²) in [6, 6.07) is 3.65. The van der Waals surface area contributed by atoms with Crippen LogP contribution in [0.25, 0.3) is 10.8 Å². The van der Waals surface area contributed by atoms with Crippen LogP contribution in [0.4, 0.5) is 36.6 Å². The van der Waals surface area contributed by atoms with Crippen molar-refractivity contribution >= 4 is 34.2 Å². The fourth-order valence-electron chi connectivity index (χ4n) is 5.81. The average Bonchev–Trinajstić information content (AvgIpc) is 3.17. The molecule has 5 heterocycles. The monoisotopic (exact) mass is 527 g/mol. The Morgan fingerprint density at radius 3 is 2.50 bits per heavy atom. The number of nitrogens with one attached hydrogen (secondary N) is 1. The van der Waals surface area contributed by atoms with Crippen LogP contribution in [0.15, 0.2) is 30.7 Å². The van der Waals surface area contributed by atoms with Gasteiger partial charge in [-0.2, -0.15) is 4.98 Å². The molecular formula is C27H32F3N7O. The number of piperidine rings is 1. The van der Waals surface area contributed by atoms with Crippen LogP contribution in [0.5, 0.6) is 0 Å². The molecule has 2 N–H and O–H groups in total. The summed E-state index contributed by atoms with van der Waals surface area (Å²) in [4.78, 5) is 21.8. The number of hydrogen-bond donors (Lipinski definition) is 2. The van der Waals surface area contributed by atoms with Gasteiger partial charge < -0.3 is 20.2 Å². The Morgan fingerprint density at radius 2 is 1.82 bits per heavy atom. The largest absolute Gasteiger partial charge is 0.390 e. The highest BCUT2D eigenvalue weighted by molar-refractivity contribution is 5.96. The minimum Gasteiger partial charge on any atom is -0.390 e. The van der Waals surface area contributed by atoms with Gasteiger partial charge in [0.05, 0.1) is 18.1 Å². The van der Waals surface area contributed by atoms with Crippen molar-refractivity contribution < 1.29 is 18.3 Å². The van der Waals surface area contributed by atoms with E-state index in [9.17, 15) is 18.3 Å². The quantitative estimate of drug-likeness (QED) is 0.488. The summed E-state index contributed by atoms with van der Waals surface area (Å²) in [7, 11) is 0. The first-order valence-electron chi connectivity index (χ1n) is 13.1. The van der Waals surface area contributed by atoms with Gasteiger partial charge in [0.2, 0.25) is 5.95 Å². The van der Waals surface area contributed by atoms with E-state index in [4.69, 9.17) is 4.98 Å². The zero-order valence-electron chi connectivity index (χ0n) is 21.8. The van der Waals surface area contributed by atoms with Crippen molar-refractivity contribution in [1.29, 1.82) is 0 Å². The first kappa shape index (κ1) is 25.1. The third-order valence-electron chi connectivity index (χ3n) is 8.32. The molecule has 2 saturated heterocycles. The SMILES string of the molecule is CC(C)c1cnc(N2CC[C@]3(C2)CC3(F)F)c2cnc(Nc3ccnc(N4CC[C@@H](O)[C@@](C)(F)C4)n3)cc12. The second-order valence-electron chi connectivity index (χ2n) is 11.5. The number of aromatic nitrogens is 4. The van der Waals surface area contributed by atoms with Crippen LogP contribution in [-0.4, -0.2) is 68.9 Å². The van der Waals surface area contributed by atoms with E-state index in [0.29, 0.717) is 55.9 Å². The molecule has 202 valence electrons. The van der Waals surface area contributed by atoms with E-state index in [1.165, 1.54) is 6.92 Å². The van der Waals surface area contributed by atoms with E-state index in [-0.39, 0.29) is 18.9 Å². The number of anilines is 4. The molecule has 11 heteroatoms. The average molecular weight is 528 g/mol. The number of nitrogens with zero attached hydrogens (tertiary/aromatic N) is 6. The number of aliphatic hydroxyl groups is 1. The van der Waals surface area contributed by atoms with Gasteiger partial charge in [0.1, 0.15) is 17.5 Å². The van der Waals surface area contributed by atoms with Crippen LogP contribution >= 0.6 is 0 Å². The summed E-state index contributed by atoms with van der Waals surface area (Å²) in [5.41, 5.74) is -1.62. The van der Waals surface area contributed by atoms with Gasteiger partial charge in [-0.15, -0.1) is 0 Å². The number of alkyl halides is 3. The smallest absolute Gasteiger partial charge is 0.256 e. The van der Waals surface area contributed by atoms with Gasteiger partial charge in [0.15, 0.2) is 5.67 Å². The predicted molar refractivity (Wildman–Crippen MR) is 140 cm³/mol. The lowest BCUT2D eigenvalue weighted by Gasteiger charge is -2.38. The van der Waals surface area contributed by atoms with Crippen molar-refractivity contribution in [3.63, 3.8) is 0 Å². The van der Waals surface area contributed by atoms with Crippen LogP contribution in [-0.2, 0) is 0 Å². The third kappa shape index (κ3) is 4.20. The molecular weight excluding hydrogens is 495 g/mol. The van der Waals surface area contributed by atoms with Crippen LogP contribution in [0.2, 0.25) is 0 Å². The number of aliphatic hydroxyl groups excluding tert-OH is 1. The Kier molecular flexibility index (Phi) is 5.71. The molecule has 6 rings (SSSR count). The molecule has 3 aliphatic rings. The summed E-state index contributed by atoms with van der Waals surface area (Å²) < 4.78 is 42.7. The molecule has 0 aromatic carbocycles. The van der Waals surface area contributed by atoms with Crippen LogP contribution in [0.1, 0.15) is 51.5 Å². The number of halogens is 3. The molecule has 1 spiro atoms. The molecule has 1 aliphatic carbocycles. The first-order chi connectivity index (χ1) is 18.0. The summed E-state index contributed by atoms with van der Waals surface area (Å²) in [5, 5.41) is 15.0. The van der Waals surface area contributed by atoms with Gasteiger partial charge in [0, 0.05) is 50.0 Å². The normalized spacial score (nSPS) is 28.5. The number of pyridine rings is 2. The topological polar surface area (TPSA) is 90.3 Å². The molecule has 0 amide bonds. The molecule has 38 heavy (non-hydrogen) atoms. The zero-order chi connectivity index (χ0) is 26.9. The molecule has 1 saturated carbocycles. The maximum Gasteiger partial charge on any atom is 0.256 e. The Morgan fingerprint density at radius 1 is 1.03 bits per heavy atom. The van der Waals surface area contributed by atoms with E-state index in [0.717, 1.165) is 16.3 Å². The highest BCUT2D eigenvalue weighted by atomic mass is 19.3. The minimum atomic E-state index is -2.59. The van der Waals surface area contributed by atoms with Gasteiger partial charge in [0.25, 0.3) is 5.92 Å². The van der Waals surface area contributed by atoms with Gasteiger partial charge in [-0.25, -0.2) is 28.1 Å². The van der Waals surface area contributed by atoms with Crippen molar-refractivity contribution in [2.75, 3.05) is 41.3 Å². The van der Waals surface area contributed by atoms with E-state index in [2.05, 4.69) is 34.1 Å². The third-order valence-corrected chi connectivity index (χ3v) is 8.32. The molecule has 8 nitrogen and oxygen atoms in total. The van der Waals surface area contributed by atoms with Crippen molar-refractivity contribution in [1.82, 2.24) is 19.9 Å². The summed E-state index contributed by atoms with van der Waals surface area (Å²) in [6.07, 6.45) is 4.89. The molecule has 3 fully saturated rings. The van der Waals surface area contributed by atoms with Gasteiger partial charge in [-0.1, -0.05) is 13.8 Å².